The van der Waals surface area contributed by atoms with Crippen LogP contribution in [0.5, 0.6) is 0 Å². The molecule has 2 aromatic carbocycles. The molecule has 19 heavy (non-hydrogen) atoms. The van der Waals surface area contributed by atoms with Crippen molar-refractivity contribution < 1.29 is 0 Å². The van der Waals surface area contributed by atoms with Crippen LogP contribution in [0.25, 0.3) is 21.3 Å². The van der Waals surface area contributed by atoms with Crippen LogP contribution < -0.4 is 0 Å². The Morgan fingerprint density at radius 2 is 1.84 bits per heavy atom. The number of benzene rings is 2. The largest absolute Gasteiger partial charge is 0.241 e. The van der Waals surface area contributed by atoms with Gasteiger partial charge in [-0.15, -0.1) is 11.3 Å². The second-order valence-electron chi connectivity index (χ2n) is 4.46. The molecule has 0 bridgehead atoms. The van der Waals surface area contributed by atoms with Gasteiger partial charge < -0.3 is 0 Å². The molecule has 0 fully saturated rings. The van der Waals surface area contributed by atoms with E-state index >= 15 is 0 Å². The number of hydrogen-bond acceptors (Lipinski definition) is 2. The average Bonchev–Trinajstić information content (AvgIpc) is 2.71. The molecule has 3 aromatic rings. The second-order valence-corrected chi connectivity index (χ2v) is 6.54. The Hall–Kier alpha value is -1.09. The molecule has 0 atom stereocenters. The first-order valence-corrected chi connectivity index (χ1v) is 7.45. The van der Waals surface area contributed by atoms with Crippen molar-refractivity contribution in [2.75, 3.05) is 0 Å². The van der Waals surface area contributed by atoms with E-state index in [2.05, 4.69) is 24.0 Å². The SMILES string of the molecule is Cc1nc2c(-c3ccc(Cl)cc3Cl)c(C)ccc2s1. The normalized spacial score (nSPS) is 11.2. The predicted octanol–water partition coefficient (Wildman–Crippen LogP) is 5.89. The fraction of sp³-hybridized carbons (Fsp3) is 0.133. The van der Waals surface area contributed by atoms with Crippen molar-refractivity contribution in [3.05, 3.63) is 50.9 Å². The van der Waals surface area contributed by atoms with E-state index in [1.165, 1.54) is 10.3 Å². The zero-order chi connectivity index (χ0) is 13.6. The van der Waals surface area contributed by atoms with Gasteiger partial charge in [-0.05, 0) is 37.6 Å². The van der Waals surface area contributed by atoms with Gasteiger partial charge in [0.25, 0.3) is 0 Å². The van der Waals surface area contributed by atoms with Crippen LogP contribution >= 0.6 is 34.5 Å². The van der Waals surface area contributed by atoms with Gasteiger partial charge in [0.2, 0.25) is 0 Å². The molecule has 96 valence electrons. The highest BCUT2D eigenvalue weighted by atomic mass is 35.5. The van der Waals surface area contributed by atoms with Gasteiger partial charge >= 0.3 is 0 Å². The molecule has 4 heteroatoms. The summed E-state index contributed by atoms with van der Waals surface area (Å²) in [5.41, 5.74) is 4.27. The Morgan fingerprint density at radius 3 is 2.58 bits per heavy atom. The van der Waals surface area contributed by atoms with Crippen LogP contribution in [-0.4, -0.2) is 4.98 Å². The van der Waals surface area contributed by atoms with E-state index in [4.69, 9.17) is 23.2 Å². The van der Waals surface area contributed by atoms with Gasteiger partial charge in [0.05, 0.1) is 15.2 Å². The van der Waals surface area contributed by atoms with Crippen LogP contribution in [0.3, 0.4) is 0 Å². The van der Waals surface area contributed by atoms with Crippen molar-refractivity contribution >= 4 is 44.8 Å². The lowest BCUT2D eigenvalue weighted by molar-refractivity contribution is 1.34. The van der Waals surface area contributed by atoms with Crippen LogP contribution in [0.15, 0.2) is 30.3 Å². The quantitative estimate of drug-likeness (QED) is 0.546. The molecule has 0 aliphatic rings. The summed E-state index contributed by atoms with van der Waals surface area (Å²) >= 11 is 14.0. The number of aromatic nitrogens is 1. The van der Waals surface area contributed by atoms with Gasteiger partial charge in [0, 0.05) is 21.2 Å². The summed E-state index contributed by atoms with van der Waals surface area (Å²) in [7, 11) is 0. The first-order valence-electron chi connectivity index (χ1n) is 5.88. The molecular formula is C15H11Cl2NS. The molecule has 0 amide bonds. The number of aryl methyl sites for hydroxylation is 2. The van der Waals surface area contributed by atoms with Crippen molar-refractivity contribution in [2.24, 2.45) is 0 Å². The minimum absolute atomic E-state index is 0.646. The first-order chi connectivity index (χ1) is 9.06. The fourth-order valence-electron chi connectivity index (χ4n) is 2.24. The third kappa shape index (κ3) is 2.25. The lowest BCUT2D eigenvalue weighted by Gasteiger charge is -2.09. The van der Waals surface area contributed by atoms with Crippen LogP contribution in [0.1, 0.15) is 10.6 Å². The summed E-state index contributed by atoms with van der Waals surface area (Å²) in [6.45, 7) is 4.10. The topological polar surface area (TPSA) is 12.9 Å². The van der Waals surface area contributed by atoms with E-state index in [1.807, 2.05) is 19.1 Å². The lowest BCUT2D eigenvalue weighted by atomic mass is 9.99. The summed E-state index contributed by atoms with van der Waals surface area (Å²) in [6, 6.07) is 9.82. The number of halogens is 2. The summed E-state index contributed by atoms with van der Waals surface area (Å²) in [5, 5.41) is 2.37. The van der Waals surface area contributed by atoms with Crippen LogP contribution in [0, 0.1) is 13.8 Å². The lowest BCUT2D eigenvalue weighted by Crippen LogP contribution is -1.87. The summed E-state index contributed by atoms with van der Waals surface area (Å²) < 4.78 is 1.18. The Bertz CT molecular complexity index is 777. The van der Waals surface area contributed by atoms with Crippen molar-refractivity contribution in [2.45, 2.75) is 13.8 Å². The molecule has 0 saturated carbocycles. The molecule has 0 radical (unpaired) electrons. The molecule has 1 nitrogen and oxygen atoms in total. The first kappa shape index (κ1) is 12.9. The highest BCUT2D eigenvalue weighted by Gasteiger charge is 2.14. The number of rotatable bonds is 1. The third-order valence-electron chi connectivity index (χ3n) is 3.08. The minimum Gasteiger partial charge on any atom is -0.241 e. The van der Waals surface area contributed by atoms with E-state index in [9.17, 15) is 0 Å². The molecule has 3 rings (SSSR count). The Balaban J connectivity index is 2.37. The third-order valence-corrected chi connectivity index (χ3v) is 4.56. The molecule has 0 aliphatic heterocycles. The Labute approximate surface area is 125 Å². The van der Waals surface area contributed by atoms with Crippen LogP contribution in [0.4, 0.5) is 0 Å². The highest BCUT2D eigenvalue weighted by molar-refractivity contribution is 7.18. The summed E-state index contributed by atoms with van der Waals surface area (Å²) in [4.78, 5) is 4.64. The zero-order valence-corrected chi connectivity index (χ0v) is 12.8. The minimum atomic E-state index is 0.646. The molecule has 1 aromatic heterocycles. The second kappa shape index (κ2) is 4.78. The summed E-state index contributed by atoms with van der Waals surface area (Å²) in [6.07, 6.45) is 0. The van der Waals surface area contributed by atoms with Gasteiger partial charge in [0.1, 0.15) is 0 Å². The summed E-state index contributed by atoms with van der Waals surface area (Å²) in [5.74, 6) is 0. The van der Waals surface area contributed by atoms with Gasteiger partial charge in [-0.1, -0.05) is 35.3 Å². The standard InChI is InChI=1S/C15H11Cl2NS/c1-8-3-6-13-15(18-9(2)19-13)14(8)11-5-4-10(16)7-12(11)17/h3-7H,1-2H3. The van der Waals surface area contributed by atoms with Crippen molar-refractivity contribution in [1.82, 2.24) is 4.98 Å². The van der Waals surface area contributed by atoms with E-state index in [-0.39, 0.29) is 0 Å². The molecule has 0 unspecified atom stereocenters. The van der Waals surface area contributed by atoms with Crippen molar-refractivity contribution in [3.8, 4) is 11.1 Å². The zero-order valence-electron chi connectivity index (χ0n) is 10.5. The molecule has 1 heterocycles. The molecule has 0 N–H and O–H groups in total. The number of hydrogen-bond donors (Lipinski definition) is 0. The van der Waals surface area contributed by atoms with E-state index in [0.717, 1.165) is 21.7 Å². The van der Waals surface area contributed by atoms with Gasteiger partial charge in [-0.25, -0.2) is 4.98 Å². The van der Waals surface area contributed by atoms with E-state index in [1.54, 1.807) is 17.4 Å². The molecule has 0 spiro atoms. The van der Waals surface area contributed by atoms with E-state index in [0.29, 0.717) is 10.0 Å². The molecular weight excluding hydrogens is 297 g/mol. The number of fused-ring (bicyclic) bond motifs is 1. The molecule has 0 saturated heterocycles. The average molecular weight is 308 g/mol. The Kier molecular flexibility index (Phi) is 3.25. The van der Waals surface area contributed by atoms with Gasteiger partial charge in [0.15, 0.2) is 0 Å². The number of nitrogens with zero attached hydrogens (tertiary/aromatic N) is 1. The van der Waals surface area contributed by atoms with Crippen LogP contribution in [-0.2, 0) is 0 Å². The maximum atomic E-state index is 6.33. The molecule has 0 aliphatic carbocycles. The van der Waals surface area contributed by atoms with E-state index < -0.39 is 0 Å². The smallest absolute Gasteiger partial charge is 0.0908 e. The maximum absolute atomic E-state index is 6.33. The van der Waals surface area contributed by atoms with Crippen molar-refractivity contribution in [3.63, 3.8) is 0 Å². The van der Waals surface area contributed by atoms with Crippen molar-refractivity contribution in [1.29, 1.82) is 0 Å². The highest BCUT2D eigenvalue weighted by Crippen LogP contribution is 2.38. The fourth-order valence-corrected chi connectivity index (χ4v) is 3.58. The maximum Gasteiger partial charge on any atom is 0.0908 e. The van der Waals surface area contributed by atoms with Gasteiger partial charge in [-0.2, -0.15) is 0 Å². The monoisotopic (exact) mass is 307 g/mol. The van der Waals surface area contributed by atoms with Crippen LogP contribution in [0.2, 0.25) is 10.0 Å². The Morgan fingerprint density at radius 1 is 1.05 bits per heavy atom. The van der Waals surface area contributed by atoms with Gasteiger partial charge in [-0.3, -0.25) is 0 Å². The number of thiazole rings is 1. The predicted molar refractivity (Wildman–Crippen MR) is 84.6 cm³/mol.